The fourth-order valence-corrected chi connectivity index (χ4v) is 4.90. The number of halogens is 1. The van der Waals surface area contributed by atoms with E-state index >= 15 is 0 Å². The van der Waals surface area contributed by atoms with E-state index in [4.69, 9.17) is 11.6 Å². The quantitative estimate of drug-likeness (QED) is 0.331. The lowest BCUT2D eigenvalue weighted by atomic mass is 10.2. The Hall–Kier alpha value is -1.70. The van der Waals surface area contributed by atoms with Crippen LogP contribution in [0.3, 0.4) is 0 Å². The van der Waals surface area contributed by atoms with Gasteiger partial charge in [-0.1, -0.05) is 59.8 Å². The van der Waals surface area contributed by atoms with E-state index in [-0.39, 0.29) is 5.91 Å². The zero-order chi connectivity index (χ0) is 18.1. The van der Waals surface area contributed by atoms with Crippen LogP contribution in [0.15, 0.2) is 34.7 Å². The summed E-state index contributed by atoms with van der Waals surface area (Å²) >= 11 is 9.36. The van der Waals surface area contributed by atoms with Crippen molar-refractivity contribution in [3.63, 3.8) is 0 Å². The SMILES string of the molecule is CCC(=O)N(c1nnc(SCc2cc3ccccc3nc2Cl)s1)C1CC1. The molecule has 2 heterocycles. The van der Waals surface area contributed by atoms with Gasteiger partial charge in [-0.25, -0.2) is 4.98 Å². The fourth-order valence-electron chi connectivity index (χ4n) is 2.70. The minimum atomic E-state index is 0.113. The molecule has 1 aromatic carbocycles. The second-order valence-corrected chi connectivity index (χ2v) is 8.66. The van der Waals surface area contributed by atoms with E-state index in [1.165, 1.54) is 11.3 Å². The summed E-state index contributed by atoms with van der Waals surface area (Å²) in [5, 5.41) is 10.8. The number of amides is 1. The third kappa shape index (κ3) is 3.70. The number of carbonyl (C=O) groups is 1. The van der Waals surface area contributed by atoms with Crippen LogP contribution in [-0.2, 0) is 10.5 Å². The average Bonchev–Trinajstić information content (AvgIpc) is 3.37. The summed E-state index contributed by atoms with van der Waals surface area (Å²) in [6, 6.07) is 10.3. The van der Waals surface area contributed by atoms with Gasteiger partial charge in [0, 0.05) is 29.2 Å². The lowest BCUT2D eigenvalue weighted by Gasteiger charge is -2.17. The molecule has 3 aromatic rings. The van der Waals surface area contributed by atoms with E-state index in [1.54, 1.807) is 11.8 Å². The molecule has 0 N–H and O–H groups in total. The Morgan fingerprint density at radius 3 is 2.92 bits per heavy atom. The van der Waals surface area contributed by atoms with Crippen LogP contribution in [-0.4, -0.2) is 27.1 Å². The molecule has 8 heteroatoms. The number of thioether (sulfide) groups is 1. The van der Waals surface area contributed by atoms with Crippen molar-refractivity contribution in [2.75, 3.05) is 4.90 Å². The molecule has 2 aromatic heterocycles. The van der Waals surface area contributed by atoms with Crippen LogP contribution in [0.25, 0.3) is 10.9 Å². The largest absolute Gasteiger partial charge is 0.284 e. The number of fused-ring (bicyclic) bond motifs is 1. The average molecular weight is 405 g/mol. The van der Waals surface area contributed by atoms with Crippen molar-refractivity contribution in [3.8, 4) is 0 Å². The van der Waals surface area contributed by atoms with Crippen LogP contribution in [0.2, 0.25) is 5.15 Å². The second-order valence-electron chi connectivity index (χ2n) is 6.12. The summed E-state index contributed by atoms with van der Waals surface area (Å²) in [5.41, 5.74) is 1.86. The molecule has 1 saturated carbocycles. The first-order valence-electron chi connectivity index (χ1n) is 8.48. The summed E-state index contributed by atoms with van der Waals surface area (Å²) < 4.78 is 0.832. The van der Waals surface area contributed by atoms with Crippen molar-refractivity contribution >= 4 is 56.6 Å². The number of para-hydroxylation sites is 1. The Morgan fingerprint density at radius 2 is 2.15 bits per heavy atom. The van der Waals surface area contributed by atoms with Crippen LogP contribution in [0.4, 0.5) is 5.13 Å². The highest BCUT2D eigenvalue weighted by Crippen LogP contribution is 2.37. The predicted molar refractivity (Wildman–Crippen MR) is 107 cm³/mol. The lowest BCUT2D eigenvalue weighted by Crippen LogP contribution is -2.32. The minimum Gasteiger partial charge on any atom is -0.284 e. The Labute approximate surface area is 164 Å². The number of pyridine rings is 1. The van der Waals surface area contributed by atoms with E-state index in [1.807, 2.05) is 36.1 Å². The van der Waals surface area contributed by atoms with Crippen LogP contribution in [0.5, 0.6) is 0 Å². The van der Waals surface area contributed by atoms with Crippen LogP contribution in [0.1, 0.15) is 31.7 Å². The minimum absolute atomic E-state index is 0.113. The summed E-state index contributed by atoms with van der Waals surface area (Å²) in [4.78, 5) is 18.4. The Balaban J connectivity index is 1.49. The molecule has 0 aliphatic heterocycles. The zero-order valence-corrected chi connectivity index (χ0v) is 16.6. The molecular formula is C18H17ClN4OS2. The van der Waals surface area contributed by atoms with Gasteiger partial charge in [0.05, 0.1) is 5.52 Å². The molecule has 0 spiro atoms. The topological polar surface area (TPSA) is 59.0 Å². The zero-order valence-electron chi connectivity index (χ0n) is 14.2. The van der Waals surface area contributed by atoms with Gasteiger partial charge in [-0.05, 0) is 25.0 Å². The number of aromatic nitrogens is 3. The molecule has 134 valence electrons. The smallest absolute Gasteiger partial charge is 0.228 e. The highest BCUT2D eigenvalue weighted by Gasteiger charge is 2.35. The van der Waals surface area contributed by atoms with Gasteiger partial charge in [-0.2, -0.15) is 0 Å². The van der Waals surface area contributed by atoms with Gasteiger partial charge in [0.25, 0.3) is 0 Å². The van der Waals surface area contributed by atoms with Crippen molar-refractivity contribution in [2.45, 2.75) is 42.3 Å². The summed E-state index contributed by atoms with van der Waals surface area (Å²) in [6.07, 6.45) is 2.58. The van der Waals surface area contributed by atoms with Gasteiger partial charge in [-0.3, -0.25) is 9.69 Å². The molecule has 0 atom stereocenters. The summed E-state index contributed by atoms with van der Waals surface area (Å²) in [5.74, 6) is 0.776. The number of anilines is 1. The summed E-state index contributed by atoms with van der Waals surface area (Å²) in [7, 11) is 0. The van der Waals surface area contributed by atoms with Crippen molar-refractivity contribution in [2.24, 2.45) is 0 Å². The molecule has 5 nitrogen and oxygen atoms in total. The molecule has 0 unspecified atom stereocenters. The number of carbonyl (C=O) groups excluding carboxylic acids is 1. The van der Waals surface area contributed by atoms with E-state index in [0.717, 1.165) is 33.6 Å². The number of rotatable bonds is 6. The summed E-state index contributed by atoms with van der Waals surface area (Å²) in [6.45, 7) is 1.88. The van der Waals surface area contributed by atoms with Crippen molar-refractivity contribution in [1.82, 2.24) is 15.2 Å². The molecule has 0 bridgehead atoms. The maximum atomic E-state index is 12.2. The molecule has 1 aliphatic carbocycles. The van der Waals surface area contributed by atoms with E-state index < -0.39 is 0 Å². The number of hydrogen-bond donors (Lipinski definition) is 0. The number of benzene rings is 1. The highest BCUT2D eigenvalue weighted by molar-refractivity contribution is 8.00. The second kappa shape index (κ2) is 7.50. The van der Waals surface area contributed by atoms with E-state index in [2.05, 4.69) is 21.2 Å². The molecule has 26 heavy (non-hydrogen) atoms. The normalized spacial score (nSPS) is 13.9. The van der Waals surface area contributed by atoms with Gasteiger partial charge in [0.2, 0.25) is 11.0 Å². The first-order valence-corrected chi connectivity index (χ1v) is 10.7. The van der Waals surface area contributed by atoms with Gasteiger partial charge < -0.3 is 0 Å². The molecular weight excluding hydrogens is 388 g/mol. The first kappa shape index (κ1) is 17.7. The van der Waals surface area contributed by atoms with Gasteiger partial charge in [0.1, 0.15) is 5.15 Å². The molecule has 0 saturated heterocycles. The van der Waals surface area contributed by atoms with Crippen molar-refractivity contribution in [1.29, 1.82) is 0 Å². The monoisotopic (exact) mass is 404 g/mol. The Bertz CT molecular complexity index is 957. The molecule has 4 rings (SSSR count). The first-order chi connectivity index (χ1) is 12.7. The number of hydrogen-bond acceptors (Lipinski definition) is 6. The van der Waals surface area contributed by atoms with E-state index in [9.17, 15) is 4.79 Å². The van der Waals surface area contributed by atoms with Crippen LogP contribution in [0, 0.1) is 0 Å². The van der Waals surface area contributed by atoms with Gasteiger partial charge in [-0.15, -0.1) is 10.2 Å². The molecule has 1 aliphatic rings. The van der Waals surface area contributed by atoms with Crippen molar-refractivity contribution < 1.29 is 4.79 Å². The fraction of sp³-hybridized carbons (Fsp3) is 0.333. The van der Waals surface area contributed by atoms with Gasteiger partial charge >= 0.3 is 0 Å². The lowest BCUT2D eigenvalue weighted by molar-refractivity contribution is -0.118. The van der Waals surface area contributed by atoms with Crippen LogP contribution < -0.4 is 4.90 Å². The van der Waals surface area contributed by atoms with Gasteiger partial charge in [0.15, 0.2) is 4.34 Å². The third-order valence-electron chi connectivity index (χ3n) is 4.19. The van der Waals surface area contributed by atoms with E-state index in [0.29, 0.717) is 28.5 Å². The maximum absolute atomic E-state index is 12.2. The molecule has 0 radical (unpaired) electrons. The van der Waals surface area contributed by atoms with Crippen molar-refractivity contribution in [3.05, 3.63) is 41.0 Å². The highest BCUT2D eigenvalue weighted by atomic mass is 35.5. The molecule has 1 amide bonds. The maximum Gasteiger partial charge on any atom is 0.228 e. The third-order valence-corrected chi connectivity index (χ3v) is 6.62. The van der Waals surface area contributed by atoms with Crippen LogP contribution >= 0.6 is 34.7 Å². The Kier molecular flexibility index (Phi) is 5.11. The Morgan fingerprint density at radius 1 is 1.35 bits per heavy atom. The molecule has 1 fully saturated rings. The number of nitrogens with zero attached hydrogens (tertiary/aromatic N) is 4. The standard InChI is InChI=1S/C18H17ClN4OS2/c1-2-15(24)23(13-7-8-13)17-21-22-18(26-17)25-10-12-9-11-5-3-4-6-14(11)20-16(12)19/h3-6,9,13H,2,7-8,10H2,1H3. The predicted octanol–water partition coefficient (Wildman–Crippen LogP) is 4.94.